The summed E-state index contributed by atoms with van der Waals surface area (Å²) < 4.78 is 29.1. The molecular formula is C19H15N5O3S. The number of sulfonamides is 1. The van der Waals surface area contributed by atoms with Gasteiger partial charge in [0.05, 0.1) is 5.69 Å². The predicted molar refractivity (Wildman–Crippen MR) is 104 cm³/mol. The van der Waals surface area contributed by atoms with E-state index >= 15 is 0 Å². The summed E-state index contributed by atoms with van der Waals surface area (Å²) in [7, 11) is -3.92. The van der Waals surface area contributed by atoms with Gasteiger partial charge < -0.3 is 0 Å². The third kappa shape index (κ3) is 3.30. The number of nitrogens with zero attached hydrogens (tertiary/aromatic N) is 3. The van der Waals surface area contributed by atoms with Crippen molar-refractivity contribution in [3.63, 3.8) is 0 Å². The van der Waals surface area contributed by atoms with Crippen molar-refractivity contribution in [3.05, 3.63) is 84.7 Å². The molecule has 1 aromatic heterocycles. The number of aromatic nitrogens is 1. The standard InChI is InChI=1S/C19H15N5O3S/c25-18(14-10-12-20-13-11-14)21-22-19-23-28(26,27)17-9-5-4-8-16(17)24(19)15-6-2-1-3-7-15/h1-13H,(H,21,25)(H,22,23). The van der Waals surface area contributed by atoms with Crippen molar-refractivity contribution in [3.8, 4) is 0 Å². The Labute approximate surface area is 161 Å². The average molecular weight is 393 g/mol. The first-order valence-electron chi connectivity index (χ1n) is 8.32. The minimum Gasteiger partial charge on any atom is -0.278 e. The van der Waals surface area contributed by atoms with Crippen molar-refractivity contribution in [1.29, 1.82) is 0 Å². The molecule has 28 heavy (non-hydrogen) atoms. The summed E-state index contributed by atoms with van der Waals surface area (Å²) in [5.74, 6) is -0.485. The summed E-state index contributed by atoms with van der Waals surface area (Å²) >= 11 is 0. The Kier molecular flexibility index (Phi) is 4.50. The van der Waals surface area contributed by atoms with Crippen molar-refractivity contribution in [2.24, 2.45) is 4.40 Å². The number of fused-ring (bicyclic) bond motifs is 1. The monoisotopic (exact) mass is 393 g/mol. The lowest BCUT2D eigenvalue weighted by Crippen LogP contribution is -2.50. The number of benzene rings is 2. The number of anilines is 2. The molecule has 9 heteroatoms. The van der Waals surface area contributed by atoms with Gasteiger partial charge in [0, 0.05) is 23.6 Å². The van der Waals surface area contributed by atoms with Crippen LogP contribution in [-0.4, -0.2) is 25.3 Å². The molecule has 0 fully saturated rings. The molecular weight excluding hydrogens is 378 g/mol. The Balaban J connectivity index is 1.72. The molecule has 2 heterocycles. The van der Waals surface area contributed by atoms with Gasteiger partial charge in [-0.2, -0.15) is 8.42 Å². The molecule has 140 valence electrons. The zero-order chi connectivity index (χ0) is 19.6. The SMILES string of the molecule is O=C(NNC1=NS(=O)(=O)c2ccccc2N1c1ccccc1)c1ccncc1. The van der Waals surface area contributed by atoms with Crippen LogP contribution in [0, 0.1) is 0 Å². The number of para-hydroxylation sites is 2. The average Bonchev–Trinajstić information content (AvgIpc) is 2.73. The molecule has 0 radical (unpaired) electrons. The predicted octanol–water partition coefficient (Wildman–Crippen LogP) is 2.21. The van der Waals surface area contributed by atoms with Gasteiger partial charge >= 0.3 is 0 Å². The van der Waals surface area contributed by atoms with Gasteiger partial charge in [0.2, 0.25) is 5.96 Å². The molecule has 0 saturated heterocycles. The molecule has 8 nitrogen and oxygen atoms in total. The fourth-order valence-electron chi connectivity index (χ4n) is 2.78. The summed E-state index contributed by atoms with van der Waals surface area (Å²) in [6, 6.07) is 18.8. The van der Waals surface area contributed by atoms with Gasteiger partial charge in [0.15, 0.2) is 0 Å². The number of hydrazine groups is 1. The third-order valence-corrected chi connectivity index (χ3v) is 5.36. The molecule has 0 bridgehead atoms. The smallest absolute Gasteiger partial charge is 0.278 e. The number of hydrogen-bond acceptors (Lipinski definition) is 6. The number of hydrogen-bond donors (Lipinski definition) is 2. The third-order valence-electron chi connectivity index (χ3n) is 4.05. The van der Waals surface area contributed by atoms with E-state index in [-0.39, 0.29) is 10.9 Å². The van der Waals surface area contributed by atoms with Crippen LogP contribution < -0.4 is 15.8 Å². The molecule has 0 saturated carbocycles. The molecule has 1 amide bonds. The minimum atomic E-state index is -3.92. The maximum Gasteiger partial charge on any atom is 0.287 e. The van der Waals surface area contributed by atoms with Crippen LogP contribution in [0.4, 0.5) is 11.4 Å². The first-order valence-corrected chi connectivity index (χ1v) is 9.76. The molecule has 0 aliphatic carbocycles. The number of carbonyl (C=O) groups is 1. The number of pyridine rings is 1. The first-order chi connectivity index (χ1) is 13.6. The van der Waals surface area contributed by atoms with Gasteiger partial charge in [-0.05, 0) is 36.4 Å². The van der Waals surface area contributed by atoms with Crippen LogP contribution in [0.1, 0.15) is 10.4 Å². The van der Waals surface area contributed by atoms with Gasteiger partial charge in [0.25, 0.3) is 15.9 Å². The van der Waals surface area contributed by atoms with Gasteiger partial charge in [0.1, 0.15) is 4.90 Å². The molecule has 0 unspecified atom stereocenters. The largest absolute Gasteiger partial charge is 0.287 e. The summed E-state index contributed by atoms with van der Waals surface area (Å²) in [5, 5.41) is 0. The topological polar surface area (TPSA) is 104 Å². The minimum absolute atomic E-state index is 0.0349. The highest BCUT2D eigenvalue weighted by molar-refractivity contribution is 7.90. The van der Waals surface area contributed by atoms with Crippen molar-refractivity contribution < 1.29 is 13.2 Å². The van der Waals surface area contributed by atoms with Crippen molar-refractivity contribution in [2.45, 2.75) is 4.90 Å². The molecule has 3 aromatic rings. The fraction of sp³-hybridized carbons (Fsp3) is 0. The van der Waals surface area contributed by atoms with E-state index in [1.165, 1.54) is 18.5 Å². The molecule has 1 aliphatic rings. The first kappa shape index (κ1) is 17.7. The zero-order valence-corrected chi connectivity index (χ0v) is 15.3. The number of amides is 1. The number of rotatable bonds is 2. The maximum absolute atomic E-state index is 12.6. The highest BCUT2D eigenvalue weighted by Crippen LogP contribution is 2.35. The maximum atomic E-state index is 12.6. The van der Waals surface area contributed by atoms with Crippen LogP contribution in [0.25, 0.3) is 0 Å². The number of guanidine groups is 1. The van der Waals surface area contributed by atoms with E-state index in [0.717, 1.165) is 0 Å². The van der Waals surface area contributed by atoms with E-state index < -0.39 is 15.9 Å². The van der Waals surface area contributed by atoms with E-state index in [2.05, 4.69) is 20.2 Å². The number of nitrogens with one attached hydrogen (secondary N) is 2. The van der Waals surface area contributed by atoms with Gasteiger partial charge in [-0.1, -0.05) is 30.3 Å². The Morgan fingerprint density at radius 3 is 2.32 bits per heavy atom. The summed E-state index contributed by atoms with van der Waals surface area (Å²) in [5.41, 5.74) is 6.62. The summed E-state index contributed by atoms with van der Waals surface area (Å²) in [4.78, 5) is 17.9. The highest BCUT2D eigenvalue weighted by Gasteiger charge is 2.31. The molecule has 4 rings (SSSR count). The summed E-state index contributed by atoms with van der Waals surface area (Å²) in [6.45, 7) is 0. The lowest BCUT2D eigenvalue weighted by molar-refractivity contribution is 0.0943. The molecule has 0 atom stereocenters. The normalized spacial score (nSPS) is 14.6. The van der Waals surface area contributed by atoms with Crippen LogP contribution >= 0.6 is 0 Å². The van der Waals surface area contributed by atoms with Crippen LogP contribution in [0.3, 0.4) is 0 Å². The van der Waals surface area contributed by atoms with Crippen molar-refractivity contribution in [2.75, 3.05) is 4.90 Å². The van der Waals surface area contributed by atoms with Crippen LogP contribution in [0.5, 0.6) is 0 Å². The van der Waals surface area contributed by atoms with Gasteiger partial charge in [-0.15, -0.1) is 4.40 Å². The molecule has 2 aromatic carbocycles. The fourth-order valence-corrected chi connectivity index (χ4v) is 3.91. The second-order valence-electron chi connectivity index (χ2n) is 5.84. The molecule has 2 N–H and O–H groups in total. The Bertz CT molecular complexity index is 1150. The van der Waals surface area contributed by atoms with E-state index in [4.69, 9.17) is 0 Å². The zero-order valence-electron chi connectivity index (χ0n) is 14.5. The summed E-state index contributed by atoms with van der Waals surface area (Å²) in [6.07, 6.45) is 2.98. The lowest BCUT2D eigenvalue weighted by Gasteiger charge is -2.31. The second kappa shape index (κ2) is 7.12. The van der Waals surface area contributed by atoms with Crippen LogP contribution in [0.15, 0.2) is 88.4 Å². The second-order valence-corrected chi connectivity index (χ2v) is 7.42. The van der Waals surface area contributed by atoms with Crippen molar-refractivity contribution in [1.82, 2.24) is 15.8 Å². The van der Waals surface area contributed by atoms with Crippen LogP contribution in [0.2, 0.25) is 0 Å². The number of carbonyl (C=O) groups excluding carboxylic acids is 1. The van der Waals surface area contributed by atoms with Crippen molar-refractivity contribution >= 4 is 33.3 Å². The Hall–Kier alpha value is -3.72. The Morgan fingerprint density at radius 1 is 0.893 bits per heavy atom. The van der Waals surface area contributed by atoms with E-state index in [1.807, 2.05) is 30.3 Å². The molecule has 1 aliphatic heterocycles. The van der Waals surface area contributed by atoms with E-state index in [0.29, 0.717) is 16.9 Å². The quantitative estimate of drug-likeness (QED) is 0.647. The lowest BCUT2D eigenvalue weighted by atomic mass is 10.2. The van der Waals surface area contributed by atoms with Crippen LogP contribution in [-0.2, 0) is 10.0 Å². The van der Waals surface area contributed by atoms with Gasteiger partial charge in [-0.3, -0.25) is 25.5 Å². The van der Waals surface area contributed by atoms with E-state index in [1.54, 1.807) is 35.2 Å². The van der Waals surface area contributed by atoms with E-state index in [9.17, 15) is 13.2 Å². The van der Waals surface area contributed by atoms with Gasteiger partial charge in [-0.25, -0.2) is 0 Å². The highest BCUT2D eigenvalue weighted by atomic mass is 32.2. The Morgan fingerprint density at radius 2 is 1.57 bits per heavy atom. The molecule has 0 spiro atoms.